The van der Waals surface area contributed by atoms with Crippen molar-refractivity contribution in [1.82, 2.24) is 9.21 Å². The van der Waals surface area contributed by atoms with Gasteiger partial charge in [0.05, 0.1) is 25.6 Å². The zero-order valence-electron chi connectivity index (χ0n) is 16.4. The van der Waals surface area contributed by atoms with Crippen LogP contribution >= 0.6 is 0 Å². The van der Waals surface area contributed by atoms with Crippen LogP contribution in [0.5, 0.6) is 0 Å². The Bertz CT molecular complexity index is 631. The van der Waals surface area contributed by atoms with E-state index in [9.17, 15) is 13.5 Å². The number of β-amino-alcohol motifs (C(OH)–C–C–N with tert-alkyl or cyclic N) is 1. The molecule has 7 heteroatoms. The summed E-state index contributed by atoms with van der Waals surface area (Å²) in [5.74, 6) is 1.47. The van der Waals surface area contributed by atoms with E-state index in [1.165, 1.54) is 22.6 Å². The van der Waals surface area contributed by atoms with E-state index in [0.717, 1.165) is 25.3 Å². The third-order valence-electron chi connectivity index (χ3n) is 6.65. The maximum absolute atomic E-state index is 11.7. The summed E-state index contributed by atoms with van der Waals surface area (Å²) in [5.41, 5.74) is 1.81. The average Bonchev–Trinajstić information content (AvgIpc) is 2.80. The standard InChI is InChI=1S/C19H34N2O4S/c1-19(2)16-6-5-15(18(19)11-16)13-25-14-17(22)12-20-7-4-8-21(10-9-20)26(3,23)24/h5,16-18,22H,4,6-14H2,1-3H3. The molecule has 1 saturated carbocycles. The lowest BCUT2D eigenvalue weighted by Gasteiger charge is -2.56. The summed E-state index contributed by atoms with van der Waals surface area (Å²) in [6.07, 6.45) is 6.31. The van der Waals surface area contributed by atoms with Crippen molar-refractivity contribution in [2.24, 2.45) is 17.3 Å². The predicted octanol–water partition coefficient (Wildman–Crippen LogP) is 1.32. The molecule has 2 bridgehead atoms. The minimum absolute atomic E-state index is 0.334. The number of rotatable bonds is 7. The lowest BCUT2D eigenvalue weighted by atomic mass is 9.49. The number of hydrogen-bond acceptors (Lipinski definition) is 5. The molecule has 6 nitrogen and oxygen atoms in total. The predicted molar refractivity (Wildman–Crippen MR) is 102 cm³/mol. The van der Waals surface area contributed by atoms with E-state index in [2.05, 4.69) is 24.8 Å². The fraction of sp³-hybridized carbons (Fsp3) is 0.895. The van der Waals surface area contributed by atoms with Crippen molar-refractivity contribution < 1.29 is 18.3 Å². The summed E-state index contributed by atoms with van der Waals surface area (Å²) >= 11 is 0. The Morgan fingerprint density at radius 3 is 2.73 bits per heavy atom. The first-order valence-electron chi connectivity index (χ1n) is 9.80. The summed E-state index contributed by atoms with van der Waals surface area (Å²) < 4.78 is 30.7. The average molecular weight is 387 g/mol. The Hall–Kier alpha value is -0.470. The van der Waals surface area contributed by atoms with Crippen molar-refractivity contribution >= 4 is 10.0 Å². The Labute approximate surface area is 158 Å². The van der Waals surface area contributed by atoms with E-state index in [0.29, 0.717) is 50.7 Å². The van der Waals surface area contributed by atoms with E-state index in [1.54, 1.807) is 0 Å². The second-order valence-corrected chi connectivity index (χ2v) is 10.8. The Balaban J connectivity index is 1.38. The number of ether oxygens (including phenoxy) is 1. The van der Waals surface area contributed by atoms with Crippen molar-refractivity contribution in [1.29, 1.82) is 0 Å². The van der Waals surface area contributed by atoms with E-state index in [4.69, 9.17) is 4.74 Å². The van der Waals surface area contributed by atoms with E-state index in [1.807, 2.05) is 0 Å². The minimum Gasteiger partial charge on any atom is -0.389 e. The van der Waals surface area contributed by atoms with Gasteiger partial charge in [0.15, 0.2) is 0 Å². The molecular weight excluding hydrogens is 352 g/mol. The number of nitrogens with zero attached hydrogens (tertiary/aromatic N) is 2. The largest absolute Gasteiger partial charge is 0.389 e. The van der Waals surface area contributed by atoms with Crippen molar-refractivity contribution in [3.05, 3.63) is 11.6 Å². The van der Waals surface area contributed by atoms with Crippen LogP contribution in [-0.2, 0) is 14.8 Å². The Morgan fingerprint density at radius 1 is 1.31 bits per heavy atom. The molecule has 3 unspecified atom stereocenters. The highest BCUT2D eigenvalue weighted by Gasteiger charge is 2.50. The number of sulfonamides is 1. The molecule has 0 spiro atoms. The van der Waals surface area contributed by atoms with Gasteiger partial charge in [0.25, 0.3) is 0 Å². The first-order valence-corrected chi connectivity index (χ1v) is 11.6. The van der Waals surface area contributed by atoms with Crippen LogP contribution in [0.25, 0.3) is 0 Å². The van der Waals surface area contributed by atoms with Crippen LogP contribution in [0.15, 0.2) is 11.6 Å². The van der Waals surface area contributed by atoms with Gasteiger partial charge in [-0.1, -0.05) is 19.9 Å². The van der Waals surface area contributed by atoms with Crippen LogP contribution in [0.3, 0.4) is 0 Å². The van der Waals surface area contributed by atoms with E-state index >= 15 is 0 Å². The first-order chi connectivity index (χ1) is 12.2. The van der Waals surface area contributed by atoms with Gasteiger partial charge >= 0.3 is 0 Å². The quantitative estimate of drug-likeness (QED) is 0.669. The highest BCUT2D eigenvalue weighted by molar-refractivity contribution is 7.88. The van der Waals surface area contributed by atoms with Gasteiger partial charge in [-0.3, -0.25) is 4.90 Å². The van der Waals surface area contributed by atoms with Gasteiger partial charge in [0.2, 0.25) is 10.0 Å². The molecule has 0 aromatic rings. The lowest BCUT2D eigenvalue weighted by molar-refractivity contribution is -0.0260. The summed E-state index contributed by atoms with van der Waals surface area (Å²) in [4.78, 5) is 2.14. The fourth-order valence-electron chi connectivity index (χ4n) is 4.77. The Kier molecular flexibility index (Phi) is 6.14. The van der Waals surface area contributed by atoms with Gasteiger partial charge in [-0.15, -0.1) is 0 Å². The van der Waals surface area contributed by atoms with Crippen LogP contribution < -0.4 is 0 Å². The summed E-state index contributed by atoms with van der Waals surface area (Å²) in [7, 11) is -3.13. The molecule has 150 valence electrons. The van der Waals surface area contributed by atoms with Gasteiger partial charge in [-0.05, 0) is 48.6 Å². The molecule has 0 aromatic carbocycles. The van der Waals surface area contributed by atoms with Gasteiger partial charge in [0.1, 0.15) is 0 Å². The van der Waals surface area contributed by atoms with Crippen molar-refractivity contribution in [3.8, 4) is 0 Å². The maximum Gasteiger partial charge on any atom is 0.211 e. The zero-order valence-corrected chi connectivity index (χ0v) is 17.2. The number of aliphatic hydroxyl groups is 1. The molecule has 0 amide bonds. The molecule has 1 heterocycles. The molecule has 0 radical (unpaired) electrons. The normalized spacial score (nSPS) is 31.0. The number of aliphatic hydroxyl groups excluding tert-OH is 1. The van der Waals surface area contributed by atoms with Crippen molar-refractivity contribution in [3.63, 3.8) is 0 Å². The molecule has 3 aliphatic carbocycles. The molecule has 1 N–H and O–H groups in total. The second-order valence-electron chi connectivity index (χ2n) is 8.81. The summed E-state index contributed by atoms with van der Waals surface area (Å²) in [6, 6.07) is 0. The number of fused-ring (bicyclic) bond motifs is 1. The molecule has 2 fully saturated rings. The van der Waals surface area contributed by atoms with Crippen LogP contribution in [0.2, 0.25) is 0 Å². The molecule has 1 aliphatic heterocycles. The van der Waals surface area contributed by atoms with Crippen molar-refractivity contribution in [2.75, 3.05) is 52.2 Å². The second kappa shape index (κ2) is 7.87. The fourth-order valence-corrected chi connectivity index (χ4v) is 5.64. The van der Waals surface area contributed by atoms with Gasteiger partial charge in [-0.25, -0.2) is 12.7 Å². The third-order valence-corrected chi connectivity index (χ3v) is 7.95. The topological polar surface area (TPSA) is 70.1 Å². The third kappa shape index (κ3) is 4.50. The molecule has 4 aliphatic rings. The highest BCUT2D eigenvalue weighted by atomic mass is 32.2. The Morgan fingerprint density at radius 2 is 2.08 bits per heavy atom. The molecule has 1 saturated heterocycles. The monoisotopic (exact) mass is 386 g/mol. The molecule has 3 atom stereocenters. The van der Waals surface area contributed by atoms with Crippen LogP contribution in [0, 0.1) is 17.3 Å². The van der Waals surface area contributed by atoms with Gasteiger partial charge in [0, 0.05) is 26.2 Å². The SMILES string of the molecule is CC1(C)C2CC=C(COCC(O)CN3CCCN(S(C)(=O)=O)CC3)C1C2. The van der Waals surface area contributed by atoms with Crippen molar-refractivity contribution in [2.45, 2.75) is 39.2 Å². The summed E-state index contributed by atoms with van der Waals surface area (Å²) in [6.45, 7) is 8.73. The van der Waals surface area contributed by atoms with E-state index < -0.39 is 16.1 Å². The minimum atomic E-state index is -3.13. The maximum atomic E-state index is 11.7. The highest BCUT2D eigenvalue weighted by Crippen LogP contribution is 2.59. The van der Waals surface area contributed by atoms with Crippen LogP contribution in [-0.4, -0.2) is 81.0 Å². The van der Waals surface area contributed by atoms with Gasteiger partial charge < -0.3 is 9.84 Å². The number of hydrogen-bond donors (Lipinski definition) is 1. The molecule has 26 heavy (non-hydrogen) atoms. The molecule has 0 aromatic heterocycles. The van der Waals surface area contributed by atoms with Crippen LogP contribution in [0.4, 0.5) is 0 Å². The lowest BCUT2D eigenvalue weighted by Crippen LogP contribution is -2.48. The van der Waals surface area contributed by atoms with E-state index in [-0.39, 0.29) is 0 Å². The number of allylic oxidation sites excluding steroid dienone is 1. The molecular formula is C19H34N2O4S. The van der Waals surface area contributed by atoms with Gasteiger partial charge in [-0.2, -0.15) is 0 Å². The summed E-state index contributed by atoms with van der Waals surface area (Å²) in [5, 5.41) is 10.3. The molecule has 4 rings (SSSR count). The first kappa shape index (κ1) is 20.3. The smallest absolute Gasteiger partial charge is 0.211 e. The van der Waals surface area contributed by atoms with Crippen LogP contribution in [0.1, 0.15) is 33.1 Å². The zero-order chi connectivity index (χ0) is 18.9.